The highest BCUT2D eigenvalue weighted by atomic mass is 14.9. The lowest BCUT2D eigenvalue weighted by Crippen LogP contribution is -2.02. The van der Waals surface area contributed by atoms with E-state index in [2.05, 4.69) is 18.3 Å². The van der Waals surface area contributed by atoms with Crippen LogP contribution in [0.2, 0.25) is 0 Å². The summed E-state index contributed by atoms with van der Waals surface area (Å²) >= 11 is 0. The molecule has 1 aromatic rings. The smallest absolute Gasteiger partial charge is 0.0574 e. The van der Waals surface area contributed by atoms with Gasteiger partial charge in [0.25, 0.3) is 0 Å². The third-order valence-corrected chi connectivity index (χ3v) is 1.77. The second-order valence-corrected chi connectivity index (χ2v) is 3.02. The second kappa shape index (κ2) is 4.00. The molecule has 0 saturated heterocycles. The average Bonchev–Trinajstić information content (AvgIpc) is 2.03. The van der Waals surface area contributed by atoms with Gasteiger partial charge in [0.15, 0.2) is 0 Å². The van der Waals surface area contributed by atoms with Gasteiger partial charge in [-0.25, -0.2) is 0 Å². The maximum Gasteiger partial charge on any atom is 0.0574 e. The Morgan fingerprint density at radius 3 is 2.75 bits per heavy atom. The van der Waals surface area contributed by atoms with Crippen LogP contribution >= 0.6 is 0 Å². The summed E-state index contributed by atoms with van der Waals surface area (Å²) in [5, 5.41) is 3.26. The molecule has 2 nitrogen and oxygen atoms in total. The van der Waals surface area contributed by atoms with Crippen LogP contribution in [0, 0.1) is 6.92 Å². The maximum atomic E-state index is 5.80. The Morgan fingerprint density at radius 2 is 2.17 bits per heavy atom. The SMILES string of the molecule is CCCNc1ccc(C)cc1N. The van der Waals surface area contributed by atoms with Crippen molar-refractivity contribution in [1.29, 1.82) is 0 Å². The fraction of sp³-hybridized carbons (Fsp3) is 0.400. The van der Waals surface area contributed by atoms with E-state index in [0.29, 0.717) is 0 Å². The molecule has 12 heavy (non-hydrogen) atoms. The molecule has 0 unspecified atom stereocenters. The number of benzene rings is 1. The topological polar surface area (TPSA) is 38.0 Å². The van der Waals surface area contributed by atoms with Crippen molar-refractivity contribution in [1.82, 2.24) is 0 Å². The summed E-state index contributed by atoms with van der Waals surface area (Å²) in [6.45, 7) is 5.16. The van der Waals surface area contributed by atoms with Crippen LogP contribution in [0.15, 0.2) is 18.2 Å². The van der Waals surface area contributed by atoms with Gasteiger partial charge in [-0.1, -0.05) is 13.0 Å². The minimum atomic E-state index is 0.837. The van der Waals surface area contributed by atoms with Crippen molar-refractivity contribution >= 4 is 11.4 Å². The Labute approximate surface area is 73.8 Å². The highest BCUT2D eigenvalue weighted by molar-refractivity contribution is 5.66. The Morgan fingerprint density at radius 1 is 1.42 bits per heavy atom. The standard InChI is InChI=1S/C10H16N2/c1-3-6-12-10-5-4-8(2)7-9(10)11/h4-5,7,12H,3,6,11H2,1-2H3. The summed E-state index contributed by atoms with van der Waals surface area (Å²) in [5.41, 5.74) is 8.88. The van der Waals surface area contributed by atoms with Crippen LogP contribution in [0.1, 0.15) is 18.9 Å². The van der Waals surface area contributed by atoms with Crippen molar-refractivity contribution in [3.05, 3.63) is 23.8 Å². The first-order valence-corrected chi connectivity index (χ1v) is 4.34. The predicted molar refractivity (Wildman–Crippen MR) is 54.4 cm³/mol. The van der Waals surface area contributed by atoms with E-state index in [1.54, 1.807) is 0 Å². The number of rotatable bonds is 3. The average molecular weight is 164 g/mol. The molecule has 0 aliphatic carbocycles. The molecule has 3 N–H and O–H groups in total. The molecule has 0 aliphatic rings. The summed E-state index contributed by atoms with van der Waals surface area (Å²) in [5.74, 6) is 0. The van der Waals surface area contributed by atoms with Gasteiger partial charge >= 0.3 is 0 Å². The lowest BCUT2D eigenvalue weighted by molar-refractivity contribution is 0.980. The van der Waals surface area contributed by atoms with Gasteiger partial charge in [-0.3, -0.25) is 0 Å². The molecular formula is C10H16N2. The van der Waals surface area contributed by atoms with Gasteiger partial charge in [-0.2, -0.15) is 0 Å². The van der Waals surface area contributed by atoms with E-state index >= 15 is 0 Å². The second-order valence-electron chi connectivity index (χ2n) is 3.02. The maximum absolute atomic E-state index is 5.80. The van der Waals surface area contributed by atoms with Gasteiger partial charge in [0.1, 0.15) is 0 Å². The monoisotopic (exact) mass is 164 g/mol. The van der Waals surface area contributed by atoms with E-state index < -0.39 is 0 Å². The van der Waals surface area contributed by atoms with Gasteiger partial charge in [-0.15, -0.1) is 0 Å². The van der Waals surface area contributed by atoms with Crippen LogP contribution in [0.5, 0.6) is 0 Å². The number of anilines is 2. The molecule has 0 radical (unpaired) electrons. The summed E-state index contributed by atoms with van der Waals surface area (Å²) in [6.07, 6.45) is 1.12. The largest absolute Gasteiger partial charge is 0.397 e. The number of nitrogens with one attached hydrogen (secondary N) is 1. The lowest BCUT2D eigenvalue weighted by Gasteiger charge is -2.08. The molecule has 0 aromatic heterocycles. The molecule has 0 heterocycles. The van der Waals surface area contributed by atoms with Gasteiger partial charge in [0.05, 0.1) is 11.4 Å². The van der Waals surface area contributed by atoms with E-state index in [0.717, 1.165) is 24.3 Å². The quantitative estimate of drug-likeness (QED) is 0.673. The zero-order chi connectivity index (χ0) is 8.97. The zero-order valence-electron chi connectivity index (χ0n) is 7.72. The van der Waals surface area contributed by atoms with Crippen molar-refractivity contribution in [2.24, 2.45) is 0 Å². The van der Waals surface area contributed by atoms with Crippen molar-refractivity contribution in [2.75, 3.05) is 17.6 Å². The third-order valence-electron chi connectivity index (χ3n) is 1.77. The van der Waals surface area contributed by atoms with Gasteiger partial charge in [0, 0.05) is 6.54 Å². The van der Waals surface area contributed by atoms with E-state index in [4.69, 9.17) is 5.73 Å². The van der Waals surface area contributed by atoms with Gasteiger partial charge < -0.3 is 11.1 Å². The van der Waals surface area contributed by atoms with E-state index in [9.17, 15) is 0 Å². The summed E-state index contributed by atoms with van der Waals surface area (Å²) in [4.78, 5) is 0. The van der Waals surface area contributed by atoms with E-state index in [1.807, 2.05) is 19.1 Å². The molecule has 0 bridgehead atoms. The first-order chi connectivity index (χ1) is 5.74. The predicted octanol–water partition coefficient (Wildman–Crippen LogP) is 2.40. The van der Waals surface area contributed by atoms with Crippen LogP contribution in [0.3, 0.4) is 0 Å². The number of nitrogens with two attached hydrogens (primary N) is 1. The molecule has 1 rings (SSSR count). The zero-order valence-corrected chi connectivity index (χ0v) is 7.72. The fourth-order valence-electron chi connectivity index (χ4n) is 1.10. The molecule has 0 spiro atoms. The van der Waals surface area contributed by atoms with E-state index in [1.165, 1.54) is 5.56 Å². The Balaban J connectivity index is 2.72. The summed E-state index contributed by atoms with van der Waals surface area (Å²) in [7, 11) is 0. The van der Waals surface area contributed by atoms with Crippen LogP contribution in [-0.2, 0) is 0 Å². The van der Waals surface area contributed by atoms with Crippen LogP contribution in [-0.4, -0.2) is 6.54 Å². The van der Waals surface area contributed by atoms with Crippen LogP contribution in [0.25, 0.3) is 0 Å². The number of aryl methyl sites for hydroxylation is 1. The van der Waals surface area contributed by atoms with Crippen molar-refractivity contribution in [2.45, 2.75) is 20.3 Å². The molecule has 0 saturated carbocycles. The Hall–Kier alpha value is -1.18. The van der Waals surface area contributed by atoms with Crippen LogP contribution < -0.4 is 11.1 Å². The van der Waals surface area contributed by atoms with Crippen molar-refractivity contribution < 1.29 is 0 Å². The normalized spacial score (nSPS) is 9.83. The first-order valence-electron chi connectivity index (χ1n) is 4.34. The molecule has 0 atom stereocenters. The molecule has 0 amide bonds. The molecule has 66 valence electrons. The fourth-order valence-corrected chi connectivity index (χ4v) is 1.10. The van der Waals surface area contributed by atoms with E-state index in [-0.39, 0.29) is 0 Å². The Kier molecular flexibility index (Phi) is 2.97. The van der Waals surface area contributed by atoms with Gasteiger partial charge in [-0.05, 0) is 31.0 Å². The highest BCUT2D eigenvalue weighted by Crippen LogP contribution is 2.18. The molecule has 0 aliphatic heterocycles. The lowest BCUT2D eigenvalue weighted by atomic mass is 10.2. The van der Waals surface area contributed by atoms with Crippen molar-refractivity contribution in [3.8, 4) is 0 Å². The molecular weight excluding hydrogens is 148 g/mol. The van der Waals surface area contributed by atoms with Crippen LogP contribution in [0.4, 0.5) is 11.4 Å². The number of nitrogen functional groups attached to an aromatic ring is 1. The first kappa shape index (κ1) is 8.91. The third kappa shape index (κ3) is 2.16. The molecule has 2 heteroatoms. The summed E-state index contributed by atoms with van der Waals surface area (Å²) < 4.78 is 0. The number of hydrogen-bond donors (Lipinski definition) is 2. The summed E-state index contributed by atoms with van der Waals surface area (Å²) in [6, 6.07) is 6.08. The van der Waals surface area contributed by atoms with Crippen molar-refractivity contribution in [3.63, 3.8) is 0 Å². The minimum Gasteiger partial charge on any atom is -0.397 e. The molecule has 0 fully saturated rings. The van der Waals surface area contributed by atoms with Gasteiger partial charge in [0.2, 0.25) is 0 Å². The minimum absolute atomic E-state index is 0.837. The Bertz CT molecular complexity index is 256. The highest BCUT2D eigenvalue weighted by Gasteiger charge is 1.96. The molecule has 1 aromatic carbocycles. The number of hydrogen-bond acceptors (Lipinski definition) is 2.